The Bertz CT molecular complexity index is 620. The predicted octanol–water partition coefficient (Wildman–Crippen LogP) is 2.37. The molecule has 1 atom stereocenters. The molecule has 0 saturated carbocycles. The van der Waals surface area contributed by atoms with Gasteiger partial charge in [-0.15, -0.1) is 12.4 Å². The van der Waals surface area contributed by atoms with Crippen molar-refractivity contribution >= 4 is 29.3 Å². The van der Waals surface area contributed by atoms with Crippen LogP contribution < -0.4 is 10.6 Å². The Balaban J connectivity index is 0.00000208. The molecule has 3 rings (SSSR count). The quantitative estimate of drug-likeness (QED) is 0.784. The molecule has 5 nitrogen and oxygen atoms in total. The zero-order valence-electron chi connectivity index (χ0n) is 14.1. The Kier molecular flexibility index (Phi) is 7.09. The third kappa shape index (κ3) is 4.72. The van der Waals surface area contributed by atoms with Gasteiger partial charge in [0, 0.05) is 38.1 Å². The summed E-state index contributed by atoms with van der Waals surface area (Å²) in [6.07, 6.45) is 0.985. The summed E-state index contributed by atoms with van der Waals surface area (Å²) in [5.74, 6) is 0.497. The van der Waals surface area contributed by atoms with E-state index in [4.69, 9.17) is 4.42 Å². The number of carbonyl (C=O) groups is 1. The molecule has 1 saturated heterocycles. The van der Waals surface area contributed by atoms with Gasteiger partial charge in [-0.3, -0.25) is 4.79 Å². The highest BCUT2D eigenvalue weighted by molar-refractivity contribution is 5.85. The Morgan fingerprint density at radius 1 is 1.33 bits per heavy atom. The summed E-state index contributed by atoms with van der Waals surface area (Å²) >= 11 is 0. The van der Waals surface area contributed by atoms with E-state index in [-0.39, 0.29) is 24.2 Å². The van der Waals surface area contributed by atoms with Crippen LogP contribution in [-0.4, -0.2) is 50.1 Å². The Hall–Kier alpha value is -1.56. The molecule has 1 aliphatic rings. The van der Waals surface area contributed by atoms with Crippen LogP contribution in [0.25, 0.3) is 11.0 Å². The van der Waals surface area contributed by atoms with E-state index in [1.807, 2.05) is 37.3 Å². The molecular formula is C18H26ClN3O2. The first kappa shape index (κ1) is 18.8. The average Bonchev–Trinajstić information content (AvgIpc) is 3.03. The van der Waals surface area contributed by atoms with Crippen molar-refractivity contribution in [3.63, 3.8) is 0 Å². The normalized spacial score (nSPS) is 16.5. The molecule has 0 radical (unpaired) electrons. The van der Waals surface area contributed by atoms with E-state index in [2.05, 4.69) is 15.5 Å². The number of furan rings is 1. The molecule has 1 fully saturated rings. The van der Waals surface area contributed by atoms with Crippen LogP contribution >= 0.6 is 12.4 Å². The number of nitrogens with one attached hydrogen (secondary N) is 2. The monoisotopic (exact) mass is 351 g/mol. The zero-order chi connectivity index (χ0) is 16.1. The van der Waals surface area contributed by atoms with E-state index in [9.17, 15) is 4.79 Å². The molecule has 0 bridgehead atoms. The third-order valence-electron chi connectivity index (χ3n) is 4.42. The van der Waals surface area contributed by atoms with E-state index in [1.165, 1.54) is 0 Å². The summed E-state index contributed by atoms with van der Waals surface area (Å²) in [5, 5.41) is 7.41. The van der Waals surface area contributed by atoms with Crippen molar-refractivity contribution in [1.82, 2.24) is 15.5 Å². The minimum Gasteiger partial charge on any atom is -0.460 e. The van der Waals surface area contributed by atoms with Crippen molar-refractivity contribution in [1.29, 1.82) is 0 Å². The van der Waals surface area contributed by atoms with Crippen LogP contribution in [0.3, 0.4) is 0 Å². The molecule has 1 amide bonds. The molecule has 0 spiro atoms. The number of halogens is 1. The first-order chi connectivity index (χ1) is 11.2. The number of rotatable bonds is 6. The van der Waals surface area contributed by atoms with E-state index >= 15 is 0 Å². The molecule has 1 aromatic carbocycles. The highest BCUT2D eigenvalue weighted by Gasteiger charge is 2.19. The number of hydrogen-bond donors (Lipinski definition) is 2. The number of amides is 1. The number of hydrogen-bond acceptors (Lipinski definition) is 4. The van der Waals surface area contributed by atoms with Gasteiger partial charge in [0.25, 0.3) is 0 Å². The van der Waals surface area contributed by atoms with E-state index in [0.717, 1.165) is 55.9 Å². The number of benzene rings is 1. The lowest BCUT2D eigenvalue weighted by molar-refractivity contribution is -0.122. The van der Waals surface area contributed by atoms with E-state index < -0.39 is 0 Å². The molecule has 1 aliphatic heterocycles. The lowest BCUT2D eigenvalue weighted by Gasteiger charge is -2.27. The van der Waals surface area contributed by atoms with Crippen LogP contribution in [0.5, 0.6) is 0 Å². The maximum Gasteiger partial charge on any atom is 0.230 e. The minimum atomic E-state index is -0.262. The van der Waals surface area contributed by atoms with Gasteiger partial charge in [0.1, 0.15) is 11.3 Å². The van der Waals surface area contributed by atoms with Crippen LogP contribution in [0.1, 0.15) is 25.0 Å². The topological polar surface area (TPSA) is 57.5 Å². The molecule has 2 N–H and O–H groups in total. The number of nitrogens with zero attached hydrogens (tertiary/aromatic N) is 1. The van der Waals surface area contributed by atoms with Crippen LogP contribution in [0, 0.1) is 0 Å². The maximum atomic E-state index is 12.3. The molecule has 1 aromatic heterocycles. The van der Waals surface area contributed by atoms with Crippen molar-refractivity contribution in [2.45, 2.75) is 19.3 Å². The molecule has 2 heterocycles. The molecule has 1 unspecified atom stereocenters. The highest BCUT2D eigenvalue weighted by atomic mass is 35.5. The van der Waals surface area contributed by atoms with Crippen molar-refractivity contribution in [3.05, 3.63) is 36.1 Å². The van der Waals surface area contributed by atoms with Crippen LogP contribution in [0.2, 0.25) is 0 Å². The smallest absolute Gasteiger partial charge is 0.230 e. The Morgan fingerprint density at radius 2 is 2.08 bits per heavy atom. The van der Waals surface area contributed by atoms with Gasteiger partial charge < -0.3 is 20.0 Å². The second-order valence-corrected chi connectivity index (χ2v) is 6.14. The van der Waals surface area contributed by atoms with Crippen LogP contribution in [0.4, 0.5) is 0 Å². The molecule has 0 aliphatic carbocycles. The Labute approximate surface area is 149 Å². The van der Waals surface area contributed by atoms with Crippen LogP contribution in [-0.2, 0) is 4.79 Å². The van der Waals surface area contributed by atoms with Crippen LogP contribution in [0.15, 0.2) is 34.7 Å². The van der Waals surface area contributed by atoms with E-state index in [0.29, 0.717) is 6.54 Å². The third-order valence-corrected chi connectivity index (χ3v) is 4.42. The van der Waals surface area contributed by atoms with Gasteiger partial charge in [0.2, 0.25) is 5.91 Å². The summed E-state index contributed by atoms with van der Waals surface area (Å²) in [5.41, 5.74) is 0.834. The number of carbonyl (C=O) groups excluding carboxylic acids is 1. The zero-order valence-corrected chi connectivity index (χ0v) is 14.9. The van der Waals surface area contributed by atoms with Gasteiger partial charge in [0.15, 0.2) is 0 Å². The largest absolute Gasteiger partial charge is 0.460 e. The second-order valence-electron chi connectivity index (χ2n) is 6.14. The standard InChI is InChI=1S/C18H25N3O2.ClH/c1-14(17-13-15-5-2-3-6-16(15)23-17)18(22)20-7-4-10-21-11-8-19-9-12-21;/h2-3,5-6,13-14,19H,4,7-12H2,1H3,(H,20,22);1H. The minimum absolute atomic E-state index is 0. The summed E-state index contributed by atoms with van der Waals surface area (Å²) in [7, 11) is 0. The lowest BCUT2D eigenvalue weighted by atomic mass is 10.1. The molecular weight excluding hydrogens is 326 g/mol. The van der Waals surface area contributed by atoms with Crippen molar-refractivity contribution < 1.29 is 9.21 Å². The van der Waals surface area contributed by atoms with E-state index in [1.54, 1.807) is 0 Å². The van der Waals surface area contributed by atoms with Crippen molar-refractivity contribution in [2.24, 2.45) is 0 Å². The summed E-state index contributed by atoms with van der Waals surface area (Å²) in [6, 6.07) is 9.80. The number of para-hydroxylation sites is 1. The molecule has 132 valence electrons. The van der Waals surface area contributed by atoms with Gasteiger partial charge in [-0.2, -0.15) is 0 Å². The van der Waals surface area contributed by atoms with Gasteiger partial charge in [0.05, 0.1) is 5.92 Å². The first-order valence-corrected chi connectivity index (χ1v) is 8.43. The highest BCUT2D eigenvalue weighted by Crippen LogP contribution is 2.24. The average molecular weight is 352 g/mol. The molecule has 24 heavy (non-hydrogen) atoms. The first-order valence-electron chi connectivity index (χ1n) is 8.43. The summed E-state index contributed by atoms with van der Waals surface area (Å²) in [4.78, 5) is 14.7. The number of piperazine rings is 1. The van der Waals surface area contributed by atoms with Crippen molar-refractivity contribution in [3.8, 4) is 0 Å². The van der Waals surface area contributed by atoms with Gasteiger partial charge >= 0.3 is 0 Å². The summed E-state index contributed by atoms with van der Waals surface area (Å²) < 4.78 is 5.78. The maximum absolute atomic E-state index is 12.3. The SMILES string of the molecule is CC(C(=O)NCCCN1CCNCC1)c1cc2ccccc2o1.Cl. The Morgan fingerprint density at radius 3 is 2.83 bits per heavy atom. The van der Waals surface area contributed by atoms with Crippen molar-refractivity contribution in [2.75, 3.05) is 39.3 Å². The fourth-order valence-electron chi connectivity index (χ4n) is 2.95. The predicted molar refractivity (Wildman–Crippen MR) is 98.8 cm³/mol. The summed E-state index contributed by atoms with van der Waals surface area (Å²) in [6.45, 7) is 7.98. The molecule has 6 heteroatoms. The second kappa shape index (κ2) is 9.06. The van der Waals surface area contributed by atoms with Gasteiger partial charge in [-0.05, 0) is 32.0 Å². The molecule has 2 aromatic rings. The fraction of sp³-hybridized carbons (Fsp3) is 0.500. The van der Waals surface area contributed by atoms with Gasteiger partial charge in [-0.25, -0.2) is 0 Å². The van der Waals surface area contributed by atoms with Gasteiger partial charge in [-0.1, -0.05) is 18.2 Å². The lowest BCUT2D eigenvalue weighted by Crippen LogP contribution is -2.44. The number of fused-ring (bicyclic) bond motifs is 1. The fourth-order valence-corrected chi connectivity index (χ4v) is 2.95.